The second-order valence-electron chi connectivity index (χ2n) is 5.31. The highest BCUT2D eigenvalue weighted by Crippen LogP contribution is 2.23. The van der Waals surface area contributed by atoms with Gasteiger partial charge in [-0.05, 0) is 43.5 Å². The Morgan fingerprint density at radius 2 is 1.76 bits per heavy atom. The van der Waals surface area contributed by atoms with Gasteiger partial charge in [0.25, 0.3) is 0 Å². The van der Waals surface area contributed by atoms with E-state index in [9.17, 15) is 8.78 Å². The Morgan fingerprint density at radius 3 is 2.43 bits per heavy atom. The maximum absolute atomic E-state index is 13.7. The number of hydrogen-bond acceptors (Lipinski definition) is 1. The van der Waals surface area contributed by atoms with Crippen molar-refractivity contribution in [2.24, 2.45) is 0 Å². The molecule has 21 heavy (non-hydrogen) atoms. The first-order valence-corrected chi connectivity index (χ1v) is 7.41. The number of unbranched alkanes of at least 4 members (excludes halogenated alkanes) is 1. The van der Waals surface area contributed by atoms with E-state index in [4.69, 9.17) is 0 Å². The first kappa shape index (κ1) is 15.5. The van der Waals surface area contributed by atoms with Crippen LogP contribution in [0.5, 0.6) is 0 Å². The van der Waals surface area contributed by atoms with E-state index in [1.54, 1.807) is 6.07 Å². The van der Waals surface area contributed by atoms with Crippen molar-refractivity contribution in [3.8, 4) is 0 Å². The summed E-state index contributed by atoms with van der Waals surface area (Å²) in [5.74, 6) is -1.59. The van der Waals surface area contributed by atoms with Crippen molar-refractivity contribution < 1.29 is 8.78 Å². The lowest BCUT2D eigenvalue weighted by molar-refractivity contribution is 0.494. The van der Waals surface area contributed by atoms with Gasteiger partial charge < -0.3 is 5.32 Å². The normalized spacial score (nSPS) is 12.2. The topological polar surface area (TPSA) is 12.0 Å². The molecule has 0 radical (unpaired) electrons. The smallest absolute Gasteiger partial charge is 0.164 e. The molecule has 0 heterocycles. The number of hydrogen-bond donors (Lipinski definition) is 1. The summed E-state index contributed by atoms with van der Waals surface area (Å²) in [5.41, 5.74) is 2.54. The molecule has 3 heteroatoms. The average molecular weight is 289 g/mol. The second kappa shape index (κ2) is 7.21. The monoisotopic (exact) mass is 289 g/mol. The van der Waals surface area contributed by atoms with Crippen LogP contribution in [-0.2, 0) is 6.42 Å². The van der Waals surface area contributed by atoms with Gasteiger partial charge in [-0.1, -0.05) is 37.6 Å². The fraction of sp³-hybridized carbons (Fsp3) is 0.333. The van der Waals surface area contributed by atoms with Crippen LogP contribution in [0.1, 0.15) is 43.9 Å². The summed E-state index contributed by atoms with van der Waals surface area (Å²) in [6.07, 6.45) is 3.43. The minimum absolute atomic E-state index is 0.290. The number of anilines is 1. The summed E-state index contributed by atoms with van der Waals surface area (Å²) in [6.45, 7) is 3.99. The number of aryl methyl sites for hydroxylation is 1. The Hall–Kier alpha value is -1.90. The van der Waals surface area contributed by atoms with Crippen LogP contribution in [-0.4, -0.2) is 0 Å². The molecule has 0 saturated heterocycles. The molecule has 1 N–H and O–H groups in total. The lowest BCUT2D eigenvalue weighted by Crippen LogP contribution is -2.09. The molecule has 1 nitrogen and oxygen atoms in total. The molecule has 2 aromatic carbocycles. The van der Waals surface area contributed by atoms with Crippen molar-refractivity contribution in [3.05, 3.63) is 65.2 Å². The first-order valence-electron chi connectivity index (χ1n) is 7.41. The zero-order valence-corrected chi connectivity index (χ0v) is 12.5. The quantitative estimate of drug-likeness (QED) is 0.742. The van der Waals surface area contributed by atoms with E-state index >= 15 is 0 Å². The Balaban J connectivity index is 2.05. The number of halogens is 2. The highest BCUT2D eigenvalue weighted by molar-refractivity contribution is 5.46. The predicted octanol–water partition coefficient (Wildman–Crippen LogP) is 5.48. The van der Waals surface area contributed by atoms with Crippen molar-refractivity contribution in [2.45, 2.75) is 39.2 Å². The number of benzene rings is 2. The van der Waals surface area contributed by atoms with Gasteiger partial charge in [-0.25, -0.2) is 8.78 Å². The van der Waals surface area contributed by atoms with Gasteiger partial charge >= 0.3 is 0 Å². The fourth-order valence-electron chi connectivity index (χ4n) is 2.33. The van der Waals surface area contributed by atoms with Gasteiger partial charge in [0, 0.05) is 11.3 Å². The molecule has 0 amide bonds. The third-order valence-electron chi connectivity index (χ3n) is 3.60. The van der Waals surface area contributed by atoms with Gasteiger partial charge in [0.15, 0.2) is 11.6 Å². The van der Waals surface area contributed by atoms with Crippen LogP contribution < -0.4 is 5.32 Å². The van der Waals surface area contributed by atoms with E-state index in [2.05, 4.69) is 24.4 Å². The molecule has 0 saturated carbocycles. The van der Waals surface area contributed by atoms with Crippen molar-refractivity contribution >= 4 is 5.69 Å². The molecule has 112 valence electrons. The van der Waals surface area contributed by atoms with Crippen LogP contribution in [0.2, 0.25) is 0 Å². The Bertz CT molecular complexity index is 578. The Labute approximate surface area is 125 Å². The third-order valence-corrected chi connectivity index (χ3v) is 3.60. The molecular weight excluding hydrogens is 268 g/mol. The van der Waals surface area contributed by atoms with Crippen LogP contribution in [0.3, 0.4) is 0 Å². The molecule has 1 atom stereocenters. The molecule has 0 spiro atoms. The SMILES string of the molecule is CCCCc1ccc(NC(C)c2cccc(F)c2F)cc1. The lowest BCUT2D eigenvalue weighted by atomic mass is 10.1. The highest BCUT2D eigenvalue weighted by atomic mass is 19.2. The number of rotatable bonds is 6. The van der Waals surface area contributed by atoms with E-state index in [-0.39, 0.29) is 6.04 Å². The Morgan fingerprint density at radius 1 is 1.05 bits per heavy atom. The average Bonchev–Trinajstić information content (AvgIpc) is 2.49. The van der Waals surface area contributed by atoms with Crippen molar-refractivity contribution in [1.82, 2.24) is 0 Å². The van der Waals surface area contributed by atoms with Gasteiger partial charge in [-0.2, -0.15) is 0 Å². The molecule has 2 aromatic rings. The van der Waals surface area contributed by atoms with Gasteiger partial charge in [-0.3, -0.25) is 0 Å². The van der Waals surface area contributed by atoms with E-state index in [0.717, 1.165) is 18.2 Å². The number of nitrogens with one attached hydrogen (secondary N) is 1. The summed E-state index contributed by atoms with van der Waals surface area (Å²) >= 11 is 0. The first-order chi connectivity index (χ1) is 10.1. The van der Waals surface area contributed by atoms with E-state index in [0.29, 0.717) is 5.56 Å². The van der Waals surface area contributed by atoms with Crippen LogP contribution in [0.4, 0.5) is 14.5 Å². The standard InChI is InChI=1S/C18H21F2N/c1-3-4-6-14-9-11-15(12-10-14)21-13(2)16-7-5-8-17(19)18(16)20/h5,7-13,21H,3-4,6H2,1-2H3. The van der Waals surface area contributed by atoms with Gasteiger partial charge in [0.1, 0.15) is 0 Å². The molecule has 0 aliphatic rings. The Kier molecular flexibility index (Phi) is 5.32. The van der Waals surface area contributed by atoms with Crippen LogP contribution in [0, 0.1) is 11.6 Å². The molecular formula is C18H21F2N. The molecule has 2 rings (SSSR count). The van der Waals surface area contributed by atoms with Crippen molar-refractivity contribution in [1.29, 1.82) is 0 Å². The highest BCUT2D eigenvalue weighted by Gasteiger charge is 2.13. The zero-order valence-electron chi connectivity index (χ0n) is 12.5. The maximum Gasteiger partial charge on any atom is 0.164 e. The fourth-order valence-corrected chi connectivity index (χ4v) is 2.33. The third kappa shape index (κ3) is 4.03. The largest absolute Gasteiger partial charge is 0.378 e. The lowest BCUT2D eigenvalue weighted by Gasteiger charge is -2.17. The van der Waals surface area contributed by atoms with Gasteiger partial charge in [-0.15, -0.1) is 0 Å². The predicted molar refractivity (Wildman–Crippen MR) is 83.4 cm³/mol. The van der Waals surface area contributed by atoms with Crippen LogP contribution in [0.15, 0.2) is 42.5 Å². The molecule has 1 unspecified atom stereocenters. The molecule has 0 aromatic heterocycles. The minimum Gasteiger partial charge on any atom is -0.378 e. The molecule has 0 aliphatic heterocycles. The van der Waals surface area contributed by atoms with E-state index in [1.807, 2.05) is 19.1 Å². The van der Waals surface area contributed by atoms with Crippen LogP contribution >= 0.6 is 0 Å². The van der Waals surface area contributed by atoms with E-state index in [1.165, 1.54) is 24.5 Å². The summed E-state index contributed by atoms with van der Waals surface area (Å²) < 4.78 is 27.0. The zero-order chi connectivity index (χ0) is 15.2. The summed E-state index contributed by atoms with van der Waals surface area (Å²) in [5, 5.41) is 3.20. The molecule has 0 aliphatic carbocycles. The molecule has 0 bridgehead atoms. The van der Waals surface area contributed by atoms with Crippen LogP contribution in [0.25, 0.3) is 0 Å². The summed E-state index contributed by atoms with van der Waals surface area (Å²) in [7, 11) is 0. The van der Waals surface area contributed by atoms with Gasteiger partial charge in [0.2, 0.25) is 0 Å². The maximum atomic E-state index is 13.7. The van der Waals surface area contributed by atoms with E-state index < -0.39 is 11.6 Å². The van der Waals surface area contributed by atoms with Crippen molar-refractivity contribution in [2.75, 3.05) is 5.32 Å². The van der Waals surface area contributed by atoms with Crippen molar-refractivity contribution in [3.63, 3.8) is 0 Å². The summed E-state index contributed by atoms with van der Waals surface area (Å²) in [6, 6.07) is 12.1. The minimum atomic E-state index is -0.809. The second-order valence-corrected chi connectivity index (χ2v) is 5.31. The van der Waals surface area contributed by atoms with Gasteiger partial charge in [0.05, 0.1) is 6.04 Å². The molecule has 0 fully saturated rings. The summed E-state index contributed by atoms with van der Waals surface area (Å²) in [4.78, 5) is 0.